The minimum atomic E-state index is 0.191. The molecule has 0 saturated carbocycles. The van der Waals surface area contributed by atoms with Crippen molar-refractivity contribution in [2.45, 2.75) is 13.5 Å². The molecule has 0 radical (unpaired) electrons. The number of hydrogen-bond acceptors (Lipinski definition) is 4. The predicted octanol–water partition coefficient (Wildman–Crippen LogP) is 2.55. The predicted molar refractivity (Wildman–Crippen MR) is 86.4 cm³/mol. The first-order chi connectivity index (χ1) is 10.7. The molecule has 2 heterocycles. The maximum absolute atomic E-state index is 9.08. The molecule has 2 N–H and O–H groups in total. The Morgan fingerprint density at radius 1 is 1.36 bits per heavy atom. The Bertz CT molecular complexity index is 727. The van der Waals surface area contributed by atoms with Gasteiger partial charge in [-0.3, -0.25) is 4.68 Å². The number of aryl methyl sites for hydroxylation is 1. The van der Waals surface area contributed by atoms with E-state index in [2.05, 4.69) is 10.4 Å². The number of fused-ring (bicyclic) bond motifs is 1. The summed E-state index contributed by atoms with van der Waals surface area (Å²) in [5.74, 6) is 1.03. The van der Waals surface area contributed by atoms with Crippen LogP contribution in [0.1, 0.15) is 12.5 Å². The summed E-state index contributed by atoms with van der Waals surface area (Å²) in [5, 5.41) is 18.0. The lowest BCUT2D eigenvalue weighted by Crippen LogP contribution is -2.22. The van der Waals surface area contributed by atoms with Crippen LogP contribution < -0.4 is 5.32 Å². The van der Waals surface area contributed by atoms with Gasteiger partial charge in [-0.1, -0.05) is 25.1 Å². The fraction of sp³-hybridized carbons (Fsp3) is 0.353. The van der Waals surface area contributed by atoms with Crippen molar-refractivity contribution in [1.82, 2.24) is 15.1 Å². The van der Waals surface area contributed by atoms with Crippen LogP contribution in [0.3, 0.4) is 0 Å². The van der Waals surface area contributed by atoms with Crippen molar-refractivity contribution < 1.29 is 9.52 Å². The summed E-state index contributed by atoms with van der Waals surface area (Å²) in [6.45, 7) is 3.67. The molecule has 5 heteroatoms. The highest BCUT2D eigenvalue weighted by Crippen LogP contribution is 2.28. The molecular weight excluding hydrogens is 278 g/mol. The minimum absolute atomic E-state index is 0.191. The Balaban J connectivity index is 1.84. The fourth-order valence-electron chi connectivity index (χ4n) is 2.49. The second-order valence-electron chi connectivity index (χ2n) is 5.74. The number of rotatable bonds is 6. The number of benzene rings is 1. The second kappa shape index (κ2) is 6.34. The molecule has 22 heavy (non-hydrogen) atoms. The van der Waals surface area contributed by atoms with E-state index in [1.54, 1.807) is 4.68 Å². The molecule has 5 nitrogen and oxygen atoms in total. The first-order valence-corrected chi connectivity index (χ1v) is 7.50. The highest BCUT2D eigenvalue weighted by molar-refractivity contribution is 5.82. The number of aliphatic hydroxyl groups excluding tert-OH is 1. The van der Waals surface area contributed by atoms with Crippen LogP contribution in [0, 0.1) is 5.92 Å². The maximum atomic E-state index is 9.08. The molecule has 116 valence electrons. The van der Waals surface area contributed by atoms with Gasteiger partial charge in [0.15, 0.2) is 5.76 Å². The molecule has 1 aromatic carbocycles. The zero-order valence-corrected chi connectivity index (χ0v) is 12.9. The second-order valence-corrected chi connectivity index (χ2v) is 5.74. The van der Waals surface area contributed by atoms with Gasteiger partial charge in [0.1, 0.15) is 11.3 Å². The van der Waals surface area contributed by atoms with E-state index in [1.165, 1.54) is 0 Å². The van der Waals surface area contributed by atoms with Crippen LogP contribution >= 0.6 is 0 Å². The Morgan fingerprint density at radius 3 is 2.95 bits per heavy atom. The Hall–Kier alpha value is -2.11. The van der Waals surface area contributed by atoms with E-state index in [1.807, 2.05) is 50.5 Å². The number of aliphatic hydroxyl groups is 1. The Labute approximate surface area is 129 Å². The van der Waals surface area contributed by atoms with Crippen LogP contribution in [0.2, 0.25) is 0 Å². The van der Waals surface area contributed by atoms with E-state index < -0.39 is 0 Å². The van der Waals surface area contributed by atoms with Crippen LogP contribution in [0.5, 0.6) is 0 Å². The van der Waals surface area contributed by atoms with Crippen molar-refractivity contribution in [2.75, 3.05) is 13.2 Å². The summed E-state index contributed by atoms with van der Waals surface area (Å²) >= 11 is 0. The monoisotopic (exact) mass is 299 g/mol. The van der Waals surface area contributed by atoms with Crippen LogP contribution in [0.4, 0.5) is 0 Å². The van der Waals surface area contributed by atoms with E-state index in [0.717, 1.165) is 34.5 Å². The molecule has 3 aromatic rings. The SMILES string of the molecule is CC(CO)CNCc1cn(C)nc1-c1cc2ccccc2o1. The molecule has 2 aromatic heterocycles. The largest absolute Gasteiger partial charge is 0.454 e. The summed E-state index contributed by atoms with van der Waals surface area (Å²) in [6, 6.07) is 9.98. The number of aromatic nitrogens is 2. The van der Waals surface area contributed by atoms with Gasteiger partial charge in [0.05, 0.1) is 0 Å². The van der Waals surface area contributed by atoms with Crippen molar-refractivity contribution in [3.05, 3.63) is 42.1 Å². The van der Waals surface area contributed by atoms with Crippen molar-refractivity contribution in [1.29, 1.82) is 0 Å². The highest BCUT2D eigenvalue weighted by atomic mass is 16.3. The molecule has 0 fully saturated rings. The average Bonchev–Trinajstić information content (AvgIpc) is 3.10. The molecule has 0 amide bonds. The summed E-state index contributed by atoms with van der Waals surface area (Å²) in [6.07, 6.45) is 2.00. The van der Waals surface area contributed by atoms with Gasteiger partial charge < -0.3 is 14.8 Å². The lowest BCUT2D eigenvalue weighted by atomic mass is 10.1. The van der Waals surface area contributed by atoms with E-state index in [-0.39, 0.29) is 12.5 Å². The summed E-state index contributed by atoms with van der Waals surface area (Å²) in [7, 11) is 1.91. The molecule has 0 aliphatic carbocycles. The van der Waals surface area contributed by atoms with Crippen molar-refractivity contribution in [3.8, 4) is 11.5 Å². The fourth-order valence-corrected chi connectivity index (χ4v) is 2.49. The molecule has 0 bridgehead atoms. The first kappa shape index (κ1) is 14.8. The van der Waals surface area contributed by atoms with Crippen LogP contribution in [0.15, 0.2) is 40.9 Å². The first-order valence-electron chi connectivity index (χ1n) is 7.50. The smallest absolute Gasteiger partial charge is 0.156 e. The minimum Gasteiger partial charge on any atom is -0.454 e. The van der Waals surface area contributed by atoms with Gasteiger partial charge in [-0.15, -0.1) is 0 Å². The molecule has 0 aliphatic rings. The van der Waals surface area contributed by atoms with Crippen LogP contribution in [0.25, 0.3) is 22.4 Å². The molecule has 0 saturated heterocycles. The number of nitrogens with zero attached hydrogens (tertiary/aromatic N) is 2. The zero-order valence-electron chi connectivity index (χ0n) is 12.9. The van der Waals surface area contributed by atoms with Gasteiger partial charge in [-0.2, -0.15) is 5.10 Å². The zero-order chi connectivity index (χ0) is 15.5. The standard InChI is InChI=1S/C17H21N3O2/c1-12(11-21)8-18-9-14-10-20(2)19-17(14)16-7-13-5-3-4-6-15(13)22-16/h3-7,10,12,18,21H,8-9,11H2,1-2H3. The third-order valence-corrected chi connectivity index (χ3v) is 3.68. The number of furan rings is 1. The van der Waals surface area contributed by atoms with Gasteiger partial charge in [-0.05, 0) is 18.1 Å². The van der Waals surface area contributed by atoms with Gasteiger partial charge in [-0.25, -0.2) is 0 Å². The molecule has 1 atom stereocenters. The third-order valence-electron chi connectivity index (χ3n) is 3.68. The lowest BCUT2D eigenvalue weighted by Gasteiger charge is -2.08. The van der Waals surface area contributed by atoms with Crippen LogP contribution in [-0.2, 0) is 13.6 Å². The molecule has 0 spiro atoms. The van der Waals surface area contributed by atoms with Gasteiger partial charge in [0.2, 0.25) is 0 Å². The van der Waals surface area contributed by atoms with Gasteiger partial charge >= 0.3 is 0 Å². The number of hydrogen-bond donors (Lipinski definition) is 2. The van der Waals surface area contributed by atoms with E-state index >= 15 is 0 Å². The van der Waals surface area contributed by atoms with Crippen LogP contribution in [-0.4, -0.2) is 28.0 Å². The summed E-state index contributed by atoms with van der Waals surface area (Å²) in [5.41, 5.74) is 2.82. The van der Waals surface area contributed by atoms with Gasteiger partial charge in [0, 0.05) is 43.9 Å². The lowest BCUT2D eigenvalue weighted by molar-refractivity contribution is 0.233. The topological polar surface area (TPSA) is 63.2 Å². The normalized spacial score (nSPS) is 12.9. The summed E-state index contributed by atoms with van der Waals surface area (Å²) in [4.78, 5) is 0. The molecule has 3 rings (SSSR count). The Kier molecular flexibility index (Phi) is 4.27. The number of nitrogens with one attached hydrogen (secondary N) is 1. The maximum Gasteiger partial charge on any atom is 0.156 e. The summed E-state index contributed by atoms with van der Waals surface area (Å²) < 4.78 is 7.71. The average molecular weight is 299 g/mol. The van der Waals surface area contributed by atoms with E-state index in [9.17, 15) is 0 Å². The van der Waals surface area contributed by atoms with Crippen molar-refractivity contribution in [2.24, 2.45) is 13.0 Å². The molecule has 0 aliphatic heterocycles. The number of para-hydroxylation sites is 1. The highest BCUT2D eigenvalue weighted by Gasteiger charge is 2.14. The van der Waals surface area contributed by atoms with Gasteiger partial charge in [0.25, 0.3) is 0 Å². The van der Waals surface area contributed by atoms with E-state index in [0.29, 0.717) is 6.54 Å². The quantitative estimate of drug-likeness (QED) is 0.734. The van der Waals surface area contributed by atoms with E-state index in [4.69, 9.17) is 9.52 Å². The molecular formula is C17H21N3O2. The molecule has 1 unspecified atom stereocenters. The third kappa shape index (κ3) is 3.05. The van der Waals surface area contributed by atoms with Crippen molar-refractivity contribution >= 4 is 11.0 Å². The Morgan fingerprint density at radius 2 is 2.18 bits per heavy atom. The van der Waals surface area contributed by atoms with Crippen molar-refractivity contribution in [3.63, 3.8) is 0 Å².